The maximum atomic E-state index is 13.6. The molecular formula is C17H17ClFNO2S. The second kappa shape index (κ2) is 8.22. The molecule has 0 radical (unpaired) electrons. The highest BCUT2D eigenvalue weighted by atomic mass is 35.5. The van der Waals surface area contributed by atoms with Gasteiger partial charge >= 0.3 is 0 Å². The van der Waals surface area contributed by atoms with Crippen LogP contribution in [-0.4, -0.2) is 18.8 Å². The van der Waals surface area contributed by atoms with Gasteiger partial charge in [-0.25, -0.2) is 4.39 Å². The van der Waals surface area contributed by atoms with Gasteiger partial charge in [-0.05, 0) is 31.2 Å². The average Bonchev–Trinajstić information content (AvgIpc) is 2.50. The molecule has 0 spiro atoms. The van der Waals surface area contributed by atoms with Gasteiger partial charge in [0.25, 0.3) is 0 Å². The van der Waals surface area contributed by atoms with Crippen molar-refractivity contribution >= 4 is 35.0 Å². The van der Waals surface area contributed by atoms with Gasteiger partial charge in [0, 0.05) is 16.3 Å². The van der Waals surface area contributed by atoms with Crippen molar-refractivity contribution in [1.29, 1.82) is 0 Å². The Labute approximate surface area is 144 Å². The molecule has 0 unspecified atom stereocenters. The van der Waals surface area contributed by atoms with Crippen molar-refractivity contribution in [3.63, 3.8) is 0 Å². The maximum absolute atomic E-state index is 13.6. The first-order chi connectivity index (χ1) is 11.0. The number of aryl methyl sites for hydroxylation is 1. The van der Waals surface area contributed by atoms with E-state index in [1.165, 1.54) is 30.0 Å². The second-order valence-corrected chi connectivity index (χ2v) is 6.40. The van der Waals surface area contributed by atoms with Crippen LogP contribution in [0.15, 0.2) is 36.4 Å². The normalized spacial score (nSPS) is 10.4. The van der Waals surface area contributed by atoms with E-state index in [1.54, 1.807) is 7.11 Å². The Morgan fingerprint density at radius 3 is 2.78 bits per heavy atom. The summed E-state index contributed by atoms with van der Waals surface area (Å²) in [5, 5.41) is 2.83. The highest BCUT2D eigenvalue weighted by Gasteiger charge is 2.09. The summed E-state index contributed by atoms with van der Waals surface area (Å²) in [7, 11) is 1.62. The third-order valence-electron chi connectivity index (χ3n) is 3.13. The van der Waals surface area contributed by atoms with E-state index in [2.05, 4.69) is 5.32 Å². The van der Waals surface area contributed by atoms with E-state index in [-0.39, 0.29) is 17.3 Å². The Bertz CT molecular complexity index is 709. The molecule has 0 heterocycles. The van der Waals surface area contributed by atoms with Crippen molar-refractivity contribution in [3.05, 3.63) is 58.4 Å². The Hall–Kier alpha value is -1.72. The highest BCUT2D eigenvalue weighted by molar-refractivity contribution is 7.99. The predicted octanol–water partition coefficient (Wildman–Crippen LogP) is 4.67. The lowest BCUT2D eigenvalue weighted by Gasteiger charge is -2.10. The lowest BCUT2D eigenvalue weighted by molar-refractivity contribution is -0.113. The van der Waals surface area contributed by atoms with E-state index in [9.17, 15) is 9.18 Å². The van der Waals surface area contributed by atoms with E-state index < -0.39 is 5.82 Å². The summed E-state index contributed by atoms with van der Waals surface area (Å²) in [4.78, 5) is 11.9. The van der Waals surface area contributed by atoms with Gasteiger partial charge in [0.2, 0.25) is 5.91 Å². The van der Waals surface area contributed by atoms with Crippen LogP contribution >= 0.6 is 23.4 Å². The van der Waals surface area contributed by atoms with Crippen LogP contribution in [0, 0.1) is 12.7 Å². The number of hydrogen-bond acceptors (Lipinski definition) is 3. The third-order valence-corrected chi connectivity index (χ3v) is 4.35. The van der Waals surface area contributed by atoms with Gasteiger partial charge in [-0.15, -0.1) is 11.8 Å². The number of rotatable bonds is 6. The first-order valence-electron chi connectivity index (χ1n) is 6.95. The lowest BCUT2D eigenvalue weighted by Crippen LogP contribution is -2.15. The smallest absolute Gasteiger partial charge is 0.234 e. The molecule has 0 fully saturated rings. The number of carbonyl (C=O) groups excluding carboxylic acids is 1. The molecule has 0 aliphatic rings. The van der Waals surface area contributed by atoms with Gasteiger partial charge in [-0.3, -0.25) is 4.79 Å². The number of carbonyl (C=O) groups is 1. The third kappa shape index (κ3) is 5.15. The number of amides is 1. The summed E-state index contributed by atoms with van der Waals surface area (Å²) in [6.07, 6.45) is 0. The van der Waals surface area contributed by atoms with Gasteiger partial charge in [0.1, 0.15) is 11.6 Å². The molecule has 6 heteroatoms. The molecular weight excluding hydrogens is 337 g/mol. The van der Waals surface area contributed by atoms with E-state index in [0.717, 1.165) is 16.9 Å². The van der Waals surface area contributed by atoms with Crippen LogP contribution in [0.4, 0.5) is 10.1 Å². The zero-order valence-corrected chi connectivity index (χ0v) is 14.4. The number of nitrogens with one attached hydrogen (secondary N) is 1. The van der Waals surface area contributed by atoms with Crippen LogP contribution in [0.1, 0.15) is 11.1 Å². The number of halogens is 2. The quantitative estimate of drug-likeness (QED) is 0.820. The number of hydrogen-bond donors (Lipinski definition) is 1. The molecule has 1 N–H and O–H groups in total. The summed E-state index contributed by atoms with van der Waals surface area (Å²) >= 11 is 7.12. The van der Waals surface area contributed by atoms with E-state index in [4.69, 9.17) is 16.3 Å². The number of ether oxygens (including phenoxy) is 1. The van der Waals surface area contributed by atoms with Gasteiger partial charge in [0.15, 0.2) is 0 Å². The van der Waals surface area contributed by atoms with Crippen molar-refractivity contribution in [2.24, 2.45) is 0 Å². The molecule has 2 rings (SSSR count). The minimum Gasteiger partial charge on any atom is -0.496 e. The molecule has 0 atom stereocenters. The fourth-order valence-electron chi connectivity index (χ4n) is 2.05. The van der Waals surface area contributed by atoms with Gasteiger partial charge in [-0.1, -0.05) is 29.3 Å². The van der Waals surface area contributed by atoms with E-state index >= 15 is 0 Å². The molecule has 0 saturated heterocycles. The van der Waals surface area contributed by atoms with Crippen LogP contribution in [-0.2, 0) is 10.5 Å². The summed E-state index contributed by atoms with van der Waals surface area (Å²) in [5.74, 6) is 0.854. The fraction of sp³-hybridized carbons (Fsp3) is 0.235. The zero-order valence-electron chi connectivity index (χ0n) is 12.9. The Morgan fingerprint density at radius 2 is 2.09 bits per heavy atom. The average molecular weight is 354 g/mol. The highest BCUT2D eigenvalue weighted by Crippen LogP contribution is 2.25. The van der Waals surface area contributed by atoms with E-state index in [1.807, 2.05) is 25.1 Å². The lowest BCUT2D eigenvalue weighted by atomic mass is 10.1. The first-order valence-corrected chi connectivity index (χ1v) is 8.49. The molecule has 0 bridgehead atoms. The van der Waals surface area contributed by atoms with Crippen LogP contribution in [0.2, 0.25) is 5.02 Å². The number of benzene rings is 2. The zero-order chi connectivity index (χ0) is 16.8. The van der Waals surface area contributed by atoms with Crippen molar-refractivity contribution < 1.29 is 13.9 Å². The van der Waals surface area contributed by atoms with Crippen LogP contribution in [0.5, 0.6) is 5.75 Å². The molecule has 3 nitrogen and oxygen atoms in total. The molecule has 0 aliphatic carbocycles. The van der Waals surface area contributed by atoms with E-state index in [0.29, 0.717) is 10.8 Å². The maximum Gasteiger partial charge on any atom is 0.234 e. The summed E-state index contributed by atoms with van der Waals surface area (Å²) in [6, 6.07) is 10.1. The second-order valence-electron chi connectivity index (χ2n) is 4.98. The van der Waals surface area contributed by atoms with Crippen molar-refractivity contribution in [3.8, 4) is 5.75 Å². The number of thioether (sulfide) groups is 1. The molecule has 2 aromatic rings. The molecule has 0 saturated carbocycles. The Kier molecular flexibility index (Phi) is 6.30. The SMILES string of the molecule is COc1ccc(C)cc1CSCC(=O)Nc1ccc(Cl)cc1F. The van der Waals surface area contributed by atoms with Crippen molar-refractivity contribution in [1.82, 2.24) is 0 Å². The predicted molar refractivity (Wildman–Crippen MR) is 93.9 cm³/mol. The van der Waals surface area contributed by atoms with Crippen LogP contribution in [0.25, 0.3) is 0 Å². The standard InChI is InChI=1S/C17H17ClFNO2S/c1-11-3-6-16(22-2)12(7-11)9-23-10-17(21)20-15-5-4-13(18)8-14(15)19/h3-8H,9-10H2,1-2H3,(H,20,21). The molecule has 122 valence electrons. The molecule has 0 aliphatic heterocycles. The molecule has 0 aromatic heterocycles. The van der Waals surface area contributed by atoms with Gasteiger partial charge in [-0.2, -0.15) is 0 Å². The number of methoxy groups -OCH3 is 1. The fourth-order valence-corrected chi connectivity index (χ4v) is 3.01. The minimum atomic E-state index is -0.545. The molecule has 1 amide bonds. The van der Waals surface area contributed by atoms with Gasteiger partial charge in [0.05, 0.1) is 18.6 Å². The Morgan fingerprint density at radius 1 is 1.30 bits per heavy atom. The summed E-state index contributed by atoms with van der Waals surface area (Å²) in [6.45, 7) is 2.00. The molecule has 2 aromatic carbocycles. The monoisotopic (exact) mass is 353 g/mol. The van der Waals surface area contributed by atoms with Crippen LogP contribution in [0.3, 0.4) is 0 Å². The molecule has 23 heavy (non-hydrogen) atoms. The van der Waals surface area contributed by atoms with Crippen molar-refractivity contribution in [2.75, 3.05) is 18.2 Å². The summed E-state index contributed by atoms with van der Waals surface area (Å²) in [5.41, 5.74) is 2.30. The Balaban J connectivity index is 1.89. The minimum absolute atomic E-state index is 0.133. The topological polar surface area (TPSA) is 38.3 Å². The first kappa shape index (κ1) is 17.6. The number of anilines is 1. The summed E-state index contributed by atoms with van der Waals surface area (Å²) < 4.78 is 18.9. The van der Waals surface area contributed by atoms with Crippen molar-refractivity contribution in [2.45, 2.75) is 12.7 Å². The van der Waals surface area contributed by atoms with Crippen LogP contribution < -0.4 is 10.1 Å². The van der Waals surface area contributed by atoms with Gasteiger partial charge < -0.3 is 10.1 Å². The largest absolute Gasteiger partial charge is 0.496 e.